The Hall–Kier alpha value is -3.83. The molecule has 9 nitrogen and oxygen atoms in total. The number of carbonyl (C=O) groups excluding carboxylic acids is 1. The van der Waals surface area contributed by atoms with Crippen LogP contribution in [0.3, 0.4) is 0 Å². The summed E-state index contributed by atoms with van der Waals surface area (Å²) >= 11 is 5.95. The Morgan fingerprint density at radius 2 is 1.72 bits per heavy atom. The lowest BCUT2D eigenvalue weighted by Crippen LogP contribution is -2.39. The van der Waals surface area contributed by atoms with Gasteiger partial charge >= 0.3 is 0 Å². The minimum absolute atomic E-state index is 0.0237. The van der Waals surface area contributed by atoms with E-state index in [1.807, 2.05) is 0 Å². The Morgan fingerprint density at radius 1 is 1.03 bits per heavy atom. The first kappa shape index (κ1) is 26.8. The van der Waals surface area contributed by atoms with Gasteiger partial charge in [-0.25, -0.2) is 18.2 Å². The van der Waals surface area contributed by atoms with Gasteiger partial charge in [-0.2, -0.15) is 5.10 Å². The predicted octanol–water partition coefficient (Wildman–Crippen LogP) is 3.85. The van der Waals surface area contributed by atoms with Gasteiger partial charge in [0.1, 0.15) is 18.1 Å². The number of rotatable bonds is 10. The quantitative estimate of drug-likeness (QED) is 0.312. The topological polar surface area (TPSA) is 107 Å². The number of hydrogen-bond acceptors (Lipinski definition) is 7. The molecule has 0 heterocycles. The van der Waals surface area contributed by atoms with E-state index < -0.39 is 28.3 Å². The molecule has 0 spiro atoms. The van der Waals surface area contributed by atoms with Crippen LogP contribution in [0.25, 0.3) is 0 Å². The van der Waals surface area contributed by atoms with E-state index in [1.54, 1.807) is 12.1 Å². The van der Waals surface area contributed by atoms with Crippen molar-refractivity contribution in [3.63, 3.8) is 0 Å². The Morgan fingerprint density at radius 3 is 2.33 bits per heavy atom. The van der Waals surface area contributed by atoms with Crippen molar-refractivity contribution in [1.82, 2.24) is 5.43 Å². The van der Waals surface area contributed by atoms with Crippen molar-refractivity contribution in [3.05, 3.63) is 77.1 Å². The molecule has 0 aliphatic heterocycles. The van der Waals surface area contributed by atoms with Crippen molar-refractivity contribution in [2.75, 3.05) is 32.2 Å². The van der Waals surface area contributed by atoms with Gasteiger partial charge < -0.3 is 14.2 Å². The third-order valence-corrected chi connectivity index (χ3v) is 7.07. The summed E-state index contributed by atoms with van der Waals surface area (Å²) < 4.78 is 57.5. The van der Waals surface area contributed by atoms with E-state index in [0.29, 0.717) is 11.5 Å². The van der Waals surface area contributed by atoms with Crippen molar-refractivity contribution >= 4 is 39.4 Å². The van der Waals surface area contributed by atoms with Crippen LogP contribution in [0, 0.1) is 5.82 Å². The first-order chi connectivity index (χ1) is 17.2. The van der Waals surface area contributed by atoms with Crippen molar-refractivity contribution < 1.29 is 31.8 Å². The Kier molecular flexibility index (Phi) is 8.73. The molecule has 12 heteroatoms. The largest absolute Gasteiger partial charge is 0.497 e. The van der Waals surface area contributed by atoms with Crippen LogP contribution < -0.4 is 23.9 Å². The summed E-state index contributed by atoms with van der Waals surface area (Å²) in [4.78, 5) is 12.6. The number of nitrogens with one attached hydrogen (secondary N) is 1. The lowest BCUT2D eigenvalue weighted by molar-refractivity contribution is -0.119. The van der Waals surface area contributed by atoms with Gasteiger partial charge in [-0.1, -0.05) is 17.7 Å². The van der Waals surface area contributed by atoms with Gasteiger partial charge in [-0.15, -0.1) is 0 Å². The first-order valence-corrected chi connectivity index (χ1v) is 12.2. The van der Waals surface area contributed by atoms with E-state index in [-0.39, 0.29) is 26.9 Å². The van der Waals surface area contributed by atoms with Crippen molar-refractivity contribution in [2.45, 2.75) is 4.90 Å². The molecule has 190 valence electrons. The van der Waals surface area contributed by atoms with E-state index in [9.17, 15) is 17.6 Å². The third kappa shape index (κ3) is 6.04. The standard InChI is InChI=1S/C24H23ClFN3O6S/c1-33-17-9-7-16(8-10-17)29(36(31,32)18-11-12-22(34-2)23(13-18)35-3)15-24(30)28-27-14-19-20(25)5-4-6-21(19)26/h4-14H,15H2,1-3H3,(H,28,30)/b27-14-. The highest BCUT2D eigenvalue weighted by Crippen LogP contribution is 2.32. The van der Waals surface area contributed by atoms with Crippen LogP contribution in [-0.2, 0) is 14.8 Å². The fraction of sp³-hybridized carbons (Fsp3) is 0.167. The zero-order chi connectivity index (χ0) is 26.3. The summed E-state index contributed by atoms with van der Waals surface area (Å²) in [6.07, 6.45) is 1.04. The van der Waals surface area contributed by atoms with E-state index in [0.717, 1.165) is 10.5 Å². The number of amides is 1. The summed E-state index contributed by atoms with van der Waals surface area (Å²) in [5, 5.41) is 3.82. The van der Waals surface area contributed by atoms with Crippen molar-refractivity contribution in [2.24, 2.45) is 5.10 Å². The zero-order valence-corrected chi connectivity index (χ0v) is 21.1. The lowest BCUT2D eigenvalue weighted by atomic mass is 10.2. The number of halogens is 2. The number of sulfonamides is 1. The van der Waals surface area contributed by atoms with E-state index in [1.165, 1.54) is 69.9 Å². The Bertz CT molecular complexity index is 1350. The summed E-state index contributed by atoms with van der Waals surface area (Å²) in [5.41, 5.74) is 2.37. The molecule has 0 aromatic heterocycles. The van der Waals surface area contributed by atoms with Gasteiger partial charge in [-0.05, 0) is 48.5 Å². The lowest BCUT2D eigenvalue weighted by Gasteiger charge is -2.24. The van der Waals surface area contributed by atoms with E-state index in [2.05, 4.69) is 10.5 Å². The van der Waals surface area contributed by atoms with Crippen LogP contribution in [0.15, 0.2) is 70.7 Å². The van der Waals surface area contributed by atoms with Crippen LogP contribution in [0.4, 0.5) is 10.1 Å². The van der Waals surface area contributed by atoms with Gasteiger partial charge in [0.15, 0.2) is 11.5 Å². The minimum Gasteiger partial charge on any atom is -0.497 e. The molecule has 3 rings (SSSR count). The normalized spacial score (nSPS) is 11.2. The summed E-state index contributed by atoms with van der Waals surface area (Å²) in [5.74, 6) is -0.372. The molecule has 36 heavy (non-hydrogen) atoms. The SMILES string of the molecule is COc1ccc(N(CC(=O)N/N=C\c2c(F)cccc2Cl)S(=O)(=O)c2ccc(OC)c(OC)c2)cc1. The number of methoxy groups -OCH3 is 3. The average Bonchev–Trinajstić information content (AvgIpc) is 2.88. The second kappa shape index (κ2) is 11.7. The Balaban J connectivity index is 1.92. The van der Waals surface area contributed by atoms with Gasteiger partial charge in [0.05, 0.1) is 43.1 Å². The Labute approximate surface area is 213 Å². The number of ether oxygens (including phenoxy) is 3. The van der Waals surface area contributed by atoms with Crippen LogP contribution in [0.1, 0.15) is 5.56 Å². The monoisotopic (exact) mass is 535 g/mol. The number of carbonyl (C=O) groups is 1. The molecular formula is C24H23ClFN3O6S. The second-order valence-electron chi connectivity index (χ2n) is 7.16. The maximum absolute atomic E-state index is 13.9. The molecule has 1 N–H and O–H groups in total. The summed E-state index contributed by atoms with van der Waals surface area (Å²) in [7, 11) is 0.0222. The molecule has 0 atom stereocenters. The predicted molar refractivity (Wildman–Crippen MR) is 134 cm³/mol. The van der Waals surface area contributed by atoms with E-state index in [4.69, 9.17) is 25.8 Å². The van der Waals surface area contributed by atoms with Crippen molar-refractivity contribution in [1.29, 1.82) is 0 Å². The molecule has 1 amide bonds. The van der Waals surface area contributed by atoms with Gasteiger partial charge in [0.25, 0.3) is 15.9 Å². The molecule has 0 bridgehead atoms. The molecule has 0 unspecified atom stereocenters. The number of nitrogens with zero attached hydrogens (tertiary/aromatic N) is 2. The van der Waals surface area contributed by atoms with Crippen LogP contribution in [0.5, 0.6) is 17.2 Å². The van der Waals surface area contributed by atoms with Gasteiger partial charge in [-0.3, -0.25) is 9.10 Å². The highest BCUT2D eigenvalue weighted by atomic mass is 35.5. The molecule has 0 aliphatic carbocycles. The molecular weight excluding hydrogens is 513 g/mol. The first-order valence-electron chi connectivity index (χ1n) is 10.4. The molecule has 0 fully saturated rings. The highest BCUT2D eigenvalue weighted by Gasteiger charge is 2.28. The minimum atomic E-state index is -4.25. The summed E-state index contributed by atoms with van der Waals surface area (Å²) in [6.45, 7) is -0.634. The van der Waals surface area contributed by atoms with Gasteiger partial charge in [0, 0.05) is 11.6 Å². The molecule has 3 aromatic rings. The summed E-state index contributed by atoms with van der Waals surface area (Å²) in [6, 6.07) is 14.3. The maximum Gasteiger partial charge on any atom is 0.264 e. The zero-order valence-electron chi connectivity index (χ0n) is 19.6. The highest BCUT2D eigenvalue weighted by molar-refractivity contribution is 7.92. The molecule has 0 radical (unpaired) electrons. The smallest absolute Gasteiger partial charge is 0.264 e. The number of hydrogen-bond donors (Lipinski definition) is 1. The average molecular weight is 536 g/mol. The van der Waals surface area contributed by atoms with Crippen molar-refractivity contribution in [3.8, 4) is 17.2 Å². The fourth-order valence-corrected chi connectivity index (χ4v) is 4.79. The third-order valence-electron chi connectivity index (χ3n) is 4.97. The number of benzene rings is 3. The molecule has 0 aliphatic rings. The maximum atomic E-state index is 13.9. The van der Waals surface area contributed by atoms with Crippen LogP contribution >= 0.6 is 11.6 Å². The number of anilines is 1. The van der Waals surface area contributed by atoms with Crippen LogP contribution in [0.2, 0.25) is 5.02 Å². The molecule has 3 aromatic carbocycles. The second-order valence-corrected chi connectivity index (χ2v) is 9.42. The van der Waals surface area contributed by atoms with Gasteiger partial charge in [0.2, 0.25) is 0 Å². The van der Waals surface area contributed by atoms with Crippen LogP contribution in [-0.4, -0.2) is 48.4 Å². The number of hydrazone groups is 1. The molecule has 0 saturated heterocycles. The van der Waals surface area contributed by atoms with E-state index >= 15 is 0 Å². The molecule has 0 saturated carbocycles. The fourth-order valence-electron chi connectivity index (χ4n) is 3.14.